The number of benzene rings is 1. The molecule has 2 heterocycles. The number of likely N-dealkylation sites (tertiary alicyclic amines) is 1. The molecule has 4 rings (SSSR count). The van der Waals surface area contributed by atoms with Crippen LogP contribution in [0.1, 0.15) is 72.7 Å². The van der Waals surface area contributed by atoms with Gasteiger partial charge >= 0.3 is 5.97 Å². The molecule has 38 heavy (non-hydrogen) atoms. The maximum atomic E-state index is 12.8. The van der Waals surface area contributed by atoms with Crippen LogP contribution in [0.4, 0.5) is 0 Å². The van der Waals surface area contributed by atoms with E-state index in [1.165, 1.54) is 29.5 Å². The van der Waals surface area contributed by atoms with Crippen molar-refractivity contribution < 1.29 is 29.3 Å². The number of aliphatic hydroxyl groups is 1. The molecule has 5 N–H and O–H groups in total. The molecule has 2 unspecified atom stereocenters. The average molecular weight is 525 g/mol. The molecule has 1 aliphatic heterocycles. The minimum Gasteiger partial charge on any atom is -0.482 e. The maximum Gasteiger partial charge on any atom is 0.304 e. The minimum absolute atomic E-state index is 0.214. The molecule has 1 aromatic heterocycles. The summed E-state index contributed by atoms with van der Waals surface area (Å²) < 4.78 is 6.14. The quantitative estimate of drug-likeness (QED) is 0.349. The number of amides is 2. The number of carboxylic acids is 1. The molecule has 0 radical (unpaired) electrons. The summed E-state index contributed by atoms with van der Waals surface area (Å²) in [7, 11) is 0. The summed E-state index contributed by atoms with van der Waals surface area (Å²) >= 11 is 0. The predicted octanol–water partition coefficient (Wildman–Crippen LogP) is 2.23. The lowest BCUT2D eigenvalue weighted by Crippen LogP contribution is -2.51. The molecule has 4 atom stereocenters. The molecular formula is C28H36N4O6. The number of nitrogens with two attached hydrogens (primary N) is 1. The third-order valence-corrected chi connectivity index (χ3v) is 7.08. The smallest absolute Gasteiger partial charge is 0.304 e. The second-order valence-electron chi connectivity index (χ2n) is 10.3. The molecule has 2 fully saturated rings. The Balaban J connectivity index is 1.33. The highest BCUT2D eigenvalue weighted by molar-refractivity contribution is 5.92. The van der Waals surface area contributed by atoms with Crippen molar-refractivity contribution in [3.8, 4) is 5.75 Å². The number of ether oxygens (including phenoxy) is 1. The zero-order valence-corrected chi connectivity index (χ0v) is 21.6. The van der Waals surface area contributed by atoms with E-state index in [1.54, 1.807) is 12.1 Å². The van der Waals surface area contributed by atoms with Crippen LogP contribution in [0.2, 0.25) is 0 Å². The van der Waals surface area contributed by atoms with E-state index >= 15 is 0 Å². The van der Waals surface area contributed by atoms with Crippen LogP contribution in [0, 0.1) is 5.92 Å². The van der Waals surface area contributed by atoms with Crippen LogP contribution in [0.15, 0.2) is 42.6 Å². The van der Waals surface area contributed by atoms with Gasteiger partial charge in [-0.3, -0.25) is 14.4 Å². The topological polar surface area (TPSA) is 155 Å². The van der Waals surface area contributed by atoms with Crippen LogP contribution < -0.4 is 15.8 Å². The van der Waals surface area contributed by atoms with E-state index in [-0.39, 0.29) is 36.3 Å². The number of piperidine rings is 1. The van der Waals surface area contributed by atoms with Crippen LogP contribution >= 0.6 is 0 Å². The van der Waals surface area contributed by atoms with E-state index in [2.05, 4.69) is 34.6 Å². The highest BCUT2D eigenvalue weighted by Crippen LogP contribution is 2.40. The molecule has 1 aromatic carbocycles. The van der Waals surface area contributed by atoms with Gasteiger partial charge in [0.2, 0.25) is 5.91 Å². The van der Waals surface area contributed by atoms with Crippen molar-refractivity contribution in [3.63, 3.8) is 0 Å². The Labute approximate surface area is 222 Å². The van der Waals surface area contributed by atoms with Crippen LogP contribution in [0.5, 0.6) is 5.75 Å². The molecule has 2 aromatic rings. The van der Waals surface area contributed by atoms with Gasteiger partial charge in [0.1, 0.15) is 17.5 Å². The fourth-order valence-electron chi connectivity index (χ4n) is 4.84. The van der Waals surface area contributed by atoms with Gasteiger partial charge in [-0.05, 0) is 61.8 Å². The van der Waals surface area contributed by atoms with E-state index in [0.717, 1.165) is 5.56 Å². The summed E-state index contributed by atoms with van der Waals surface area (Å²) in [4.78, 5) is 42.2. The van der Waals surface area contributed by atoms with Crippen molar-refractivity contribution in [1.82, 2.24) is 15.2 Å². The van der Waals surface area contributed by atoms with Crippen molar-refractivity contribution in [2.45, 2.75) is 63.1 Å². The number of nitrogens with zero attached hydrogens (tertiary/aromatic N) is 2. The number of aliphatic carboxylic acids is 1. The molecule has 1 aliphatic carbocycles. The molecule has 2 aliphatic rings. The van der Waals surface area contributed by atoms with Gasteiger partial charge in [0.05, 0.1) is 25.1 Å². The molecule has 0 spiro atoms. The zero-order valence-electron chi connectivity index (χ0n) is 21.6. The van der Waals surface area contributed by atoms with E-state index in [1.807, 2.05) is 6.92 Å². The summed E-state index contributed by atoms with van der Waals surface area (Å²) in [6.45, 7) is 2.05. The molecule has 1 saturated heterocycles. The summed E-state index contributed by atoms with van der Waals surface area (Å²) in [5, 5.41) is 21.3. The van der Waals surface area contributed by atoms with Gasteiger partial charge in [0.15, 0.2) is 0 Å². The molecule has 2 amide bonds. The van der Waals surface area contributed by atoms with Gasteiger partial charge in [-0.1, -0.05) is 24.3 Å². The van der Waals surface area contributed by atoms with Crippen LogP contribution in [0.3, 0.4) is 0 Å². The standard InChI is InChI=1S/C28H36N4O6/c1-17(29)26(20-8-6-19(7-9-20)18-4-5-18)38-23-10-11-24(30-14-23)27(36)31-22-3-2-12-32(15-22)28(37)21(16-33)13-25(34)35/h6-11,14,17-18,21-22,26,33H,2-5,12-13,15-16,29H2,1H3,(H,31,36)(H,34,35)/t17?,21?,22-,26+/m1/s1. The summed E-state index contributed by atoms with van der Waals surface area (Å²) in [6.07, 6.45) is 4.52. The lowest BCUT2D eigenvalue weighted by molar-refractivity contribution is -0.146. The normalized spacial score (nSPS) is 19.8. The highest BCUT2D eigenvalue weighted by atomic mass is 16.5. The van der Waals surface area contributed by atoms with E-state index in [0.29, 0.717) is 31.1 Å². The molecule has 204 valence electrons. The number of aromatic nitrogens is 1. The number of nitrogens with one attached hydrogen (secondary N) is 1. The molecule has 0 bridgehead atoms. The molecule has 10 heteroatoms. The van der Waals surface area contributed by atoms with Gasteiger partial charge in [-0.25, -0.2) is 4.98 Å². The van der Waals surface area contributed by atoms with Crippen LogP contribution in [-0.2, 0) is 9.59 Å². The second-order valence-corrected chi connectivity index (χ2v) is 10.3. The van der Waals surface area contributed by atoms with Crippen molar-refractivity contribution >= 4 is 17.8 Å². The minimum atomic E-state index is -1.14. The predicted molar refractivity (Wildman–Crippen MR) is 140 cm³/mol. The summed E-state index contributed by atoms with van der Waals surface area (Å²) in [6, 6.07) is 11.1. The Kier molecular flexibility index (Phi) is 8.96. The first-order valence-corrected chi connectivity index (χ1v) is 13.2. The van der Waals surface area contributed by atoms with Crippen molar-refractivity contribution in [2.75, 3.05) is 19.7 Å². The number of pyridine rings is 1. The van der Waals surface area contributed by atoms with Crippen molar-refractivity contribution in [2.24, 2.45) is 11.7 Å². The second kappa shape index (κ2) is 12.4. The van der Waals surface area contributed by atoms with Crippen molar-refractivity contribution in [1.29, 1.82) is 0 Å². The summed E-state index contributed by atoms with van der Waals surface area (Å²) in [5.41, 5.74) is 8.75. The van der Waals surface area contributed by atoms with Gasteiger partial charge in [-0.15, -0.1) is 0 Å². The first-order chi connectivity index (χ1) is 18.2. The largest absolute Gasteiger partial charge is 0.482 e. The van der Waals surface area contributed by atoms with Crippen molar-refractivity contribution in [3.05, 3.63) is 59.4 Å². The van der Waals surface area contributed by atoms with Gasteiger partial charge in [0.25, 0.3) is 5.91 Å². The van der Waals surface area contributed by atoms with E-state index in [9.17, 15) is 19.5 Å². The summed E-state index contributed by atoms with van der Waals surface area (Å²) in [5.74, 6) is -1.76. The average Bonchev–Trinajstić information content (AvgIpc) is 3.76. The number of aliphatic hydroxyl groups excluding tert-OH is 1. The Bertz CT molecular complexity index is 1120. The van der Waals surface area contributed by atoms with Gasteiger partial charge in [0, 0.05) is 25.2 Å². The number of carbonyl (C=O) groups excluding carboxylic acids is 2. The number of carbonyl (C=O) groups is 3. The lowest BCUT2D eigenvalue weighted by atomic mass is 10.0. The third kappa shape index (κ3) is 7.08. The van der Waals surface area contributed by atoms with Gasteiger partial charge in [-0.2, -0.15) is 0 Å². The molecule has 10 nitrogen and oxygen atoms in total. The monoisotopic (exact) mass is 524 g/mol. The first-order valence-electron chi connectivity index (χ1n) is 13.2. The fourth-order valence-corrected chi connectivity index (χ4v) is 4.84. The lowest BCUT2D eigenvalue weighted by Gasteiger charge is -2.34. The Hall–Kier alpha value is -3.50. The first kappa shape index (κ1) is 27.5. The van der Waals surface area contributed by atoms with Crippen LogP contribution in [0.25, 0.3) is 0 Å². The number of carboxylic acid groups (broad SMARTS) is 1. The maximum absolute atomic E-state index is 12.8. The Morgan fingerprint density at radius 3 is 2.47 bits per heavy atom. The number of hydrogen-bond acceptors (Lipinski definition) is 7. The third-order valence-electron chi connectivity index (χ3n) is 7.08. The van der Waals surface area contributed by atoms with E-state index in [4.69, 9.17) is 15.6 Å². The Morgan fingerprint density at radius 1 is 1.16 bits per heavy atom. The SMILES string of the molecule is CC(N)[C@H](Oc1ccc(C(=O)N[C@@H]2CCCN(C(=O)C(CO)CC(=O)O)C2)nc1)c1ccc(C2CC2)cc1. The fraction of sp³-hybridized carbons (Fsp3) is 0.500. The number of rotatable bonds is 11. The van der Waals surface area contributed by atoms with Gasteiger partial charge < -0.3 is 30.9 Å². The number of hydrogen-bond donors (Lipinski definition) is 4. The zero-order chi connectivity index (χ0) is 27.2. The molecule has 1 saturated carbocycles. The highest BCUT2D eigenvalue weighted by Gasteiger charge is 2.31. The van der Waals surface area contributed by atoms with E-state index < -0.39 is 30.8 Å². The van der Waals surface area contributed by atoms with Crippen LogP contribution in [-0.4, -0.2) is 69.7 Å². The molecular weight excluding hydrogens is 488 g/mol. The Morgan fingerprint density at radius 2 is 1.89 bits per heavy atom.